The Morgan fingerprint density at radius 1 is 1.04 bits per heavy atom. The lowest BCUT2D eigenvalue weighted by Crippen LogP contribution is -2.48. The normalized spacial score (nSPS) is 18.6. The van der Waals surface area contributed by atoms with E-state index in [1.165, 1.54) is 29.7 Å². The molecule has 1 atom stereocenters. The number of hydrazone groups is 1. The van der Waals surface area contributed by atoms with Crippen molar-refractivity contribution in [1.82, 2.24) is 19.8 Å². The molecule has 0 unspecified atom stereocenters. The quantitative estimate of drug-likeness (QED) is 0.170. The minimum Gasteiger partial charge on any atom is -0.367 e. The van der Waals surface area contributed by atoms with Crippen LogP contribution in [0.3, 0.4) is 0 Å². The Bertz CT molecular complexity index is 1750. The predicted octanol–water partition coefficient (Wildman–Crippen LogP) is 8.08. The van der Waals surface area contributed by atoms with Gasteiger partial charge in [0.05, 0.1) is 12.2 Å². The molecule has 53 heavy (non-hydrogen) atoms. The maximum atomic E-state index is 13.3. The molecule has 2 fully saturated rings. The van der Waals surface area contributed by atoms with Crippen LogP contribution in [0.15, 0.2) is 102 Å². The first-order valence-electron chi connectivity index (χ1n) is 18.4. The Hall–Kier alpha value is -5.00. The van der Waals surface area contributed by atoms with Gasteiger partial charge in [0, 0.05) is 63.7 Å². The first kappa shape index (κ1) is 40.8. The number of amides is 2. The van der Waals surface area contributed by atoms with Crippen LogP contribution < -0.4 is 10.7 Å². The minimum atomic E-state index is -1.00. The summed E-state index contributed by atoms with van der Waals surface area (Å²) in [6.07, 6.45) is 14.6. The fourth-order valence-corrected chi connectivity index (χ4v) is 6.44. The van der Waals surface area contributed by atoms with Gasteiger partial charge in [-0.25, -0.2) is 14.4 Å². The van der Waals surface area contributed by atoms with Crippen molar-refractivity contribution in [2.45, 2.75) is 71.3 Å². The number of allylic oxidation sites excluding steroid dienone is 6. The van der Waals surface area contributed by atoms with E-state index in [4.69, 9.17) is 4.74 Å². The van der Waals surface area contributed by atoms with Crippen molar-refractivity contribution in [3.05, 3.63) is 108 Å². The van der Waals surface area contributed by atoms with E-state index >= 15 is 0 Å². The summed E-state index contributed by atoms with van der Waals surface area (Å²) in [5.41, 5.74) is 7.74. The number of ether oxygens (including phenoxy) is 1. The molecule has 1 aromatic heterocycles. The molecule has 3 aromatic rings. The van der Waals surface area contributed by atoms with E-state index in [9.17, 15) is 14.0 Å². The number of nitrogens with one attached hydrogen (secondary N) is 2. The summed E-state index contributed by atoms with van der Waals surface area (Å²) >= 11 is 0. The molecule has 3 heterocycles. The Balaban J connectivity index is 0.000000447. The number of halogens is 1. The first-order chi connectivity index (χ1) is 25.6. The van der Waals surface area contributed by atoms with Crippen molar-refractivity contribution in [2.24, 2.45) is 5.10 Å². The molecular weight excluding hydrogens is 670 g/mol. The van der Waals surface area contributed by atoms with Crippen LogP contribution in [-0.4, -0.2) is 83.7 Å². The summed E-state index contributed by atoms with van der Waals surface area (Å²) in [7, 11) is 1.56. The molecule has 3 aliphatic rings. The molecule has 2 aromatic carbocycles. The summed E-state index contributed by atoms with van der Waals surface area (Å²) in [5, 5.41) is 6.68. The third kappa shape index (κ3) is 11.8. The summed E-state index contributed by atoms with van der Waals surface area (Å²) in [4.78, 5) is 39.1. The number of benzene rings is 2. The fourth-order valence-electron chi connectivity index (χ4n) is 6.44. The number of aromatic nitrogens is 2. The second-order valence-electron chi connectivity index (χ2n) is 13.6. The molecule has 10 nitrogen and oxygen atoms in total. The van der Waals surface area contributed by atoms with Crippen molar-refractivity contribution >= 4 is 29.9 Å². The standard InChI is InChI=1S/C31H37N7O3.C8H9F.C3H8/c1-22-19-26(9-10-27(22)36-32-2)35-30(40)31(41-3)13-18-37(21-31)20-28(39)38-16-11-24(12-17-38)23-5-7-25(8-6-23)29-33-14-4-15-34-29;1-7-3-2-4-8(9)6-5-7;1-3-2/h4-10,14-15,19,24,36H,2,11-13,16-18,20-21H2,1,3H3,(H,35,40);2,4-6H,3H2,1H3;3H2,1-2H3/t31-;;/m0../s1. The van der Waals surface area contributed by atoms with Gasteiger partial charge in [0.25, 0.3) is 5.91 Å². The molecule has 1 aliphatic carbocycles. The monoisotopic (exact) mass is 723 g/mol. The summed E-state index contributed by atoms with van der Waals surface area (Å²) in [6, 6.07) is 15.8. The number of nitrogens with zero attached hydrogens (tertiary/aromatic N) is 5. The highest BCUT2D eigenvalue weighted by atomic mass is 19.1. The number of likely N-dealkylation sites (tertiary alicyclic amines) is 2. The third-order valence-corrected chi connectivity index (χ3v) is 9.46. The Kier molecular flexibility index (Phi) is 15.6. The van der Waals surface area contributed by atoms with E-state index in [0.717, 1.165) is 55.0 Å². The van der Waals surface area contributed by atoms with Crippen molar-refractivity contribution in [2.75, 3.05) is 50.6 Å². The zero-order valence-corrected chi connectivity index (χ0v) is 31.8. The molecule has 2 N–H and O–H groups in total. The van der Waals surface area contributed by atoms with E-state index in [-0.39, 0.29) is 24.2 Å². The van der Waals surface area contributed by atoms with Crippen LogP contribution in [0.5, 0.6) is 0 Å². The van der Waals surface area contributed by atoms with Crippen molar-refractivity contribution in [3.63, 3.8) is 0 Å². The fraction of sp³-hybridized carbons (Fsp3) is 0.405. The maximum Gasteiger partial charge on any atom is 0.258 e. The van der Waals surface area contributed by atoms with Gasteiger partial charge in [0.2, 0.25) is 5.91 Å². The van der Waals surface area contributed by atoms with E-state index in [1.807, 2.05) is 54.0 Å². The van der Waals surface area contributed by atoms with Crippen LogP contribution in [0.1, 0.15) is 69.9 Å². The largest absolute Gasteiger partial charge is 0.367 e. The van der Waals surface area contributed by atoms with Crippen LogP contribution in [0.2, 0.25) is 0 Å². The van der Waals surface area contributed by atoms with Gasteiger partial charge in [-0.15, -0.1) is 0 Å². The lowest BCUT2D eigenvalue weighted by atomic mass is 9.89. The molecule has 282 valence electrons. The number of hydrogen-bond acceptors (Lipinski definition) is 8. The summed E-state index contributed by atoms with van der Waals surface area (Å²) in [5.74, 6) is 0.874. The lowest BCUT2D eigenvalue weighted by molar-refractivity contribution is -0.138. The highest BCUT2D eigenvalue weighted by Crippen LogP contribution is 2.31. The second kappa shape index (κ2) is 20.3. The van der Waals surface area contributed by atoms with Crippen molar-refractivity contribution in [3.8, 4) is 11.4 Å². The van der Waals surface area contributed by atoms with Crippen LogP contribution in [0, 0.1) is 6.92 Å². The average Bonchev–Trinajstić information content (AvgIpc) is 3.50. The molecule has 2 amide bonds. The Labute approximate surface area is 313 Å². The minimum absolute atomic E-state index is 0.0990. The van der Waals surface area contributed by atoms with E-state index in [0.29, 0.717) is 31.1 Å². The highest BCUT2D eigenvalue weighted by Gasteiger charge is 2.45. The zero-order chi connectivity index (χ0) is 38.2. The van der Waals surface area contributed by atoms with Gasteiger partial charge in [0.1, 0.15) is 5.83 Å². The summed E-state index contributed by atoms with van der Waals surface area (Å²) in [6.45, 7) is 14.3. The van der Waals surface area contributed by atoms with Crippen molar-refractivity contribution in [1.29, 1.82) is 0 Å². The number of hydrogen-bond donors (Lipinski definition) is 2. The third-order valence-electron chi connectivity index (χ3n) is 9.46. The number of carbonyl (C=O) groups excluding carboxylic acids is 2. The van der Waals surface area contributed by atoms with Gasteiger partial charge in [-0.2, -0.15) is 5.10 Å². The Morgan fingerprint density at radius 2 is 1.74 bits per heavy atom. The Morgan fingerprint density at radius 3 is 2.38 bits per heavy atom. The van der Waals surface area contributed by atoms with Gasteiger partial charge < -0.3 is 15.0 Å². The van der Waals surface area contributed by atoms with E-state index < -0.39 is 5.60 Å². The smallest absolute Gasteiger partial charge is 0.258 e. The van der Waals surface area contributed by atoms with Crippen LogP contribution >= 0.6 is 0 Å². The van der Waals surface area contributed by atoms with Gasteiger partial charge in [-0.3, -0.25) is 19.9 Å². The predicted molar refractivity (Wildman–Crippen MR) is 212 cm³/mol. The molecule has 2 aliphatic heterocycles. The molecule has 0 spiro atoms. The number of methoxy groups -OCH3 is 1. The van der Waals surface area contributed by atoms with Crippen molar-refractivity contribution < 1.29 is 18.7 Å². The zero-order valence-electron chi connectivity index (χ0n) is 31.8. The number of aryl methyl sites for hydroxylation is 1. The number of rotatable bonds is 9. The second-order valence-corrected chi connectivity index (χ2v) is 13.6. The molecule has 11 heteroatoms. The van der Waals surface area contributed by atoms with Gasteiger partial charge in [0.15, 0.2) is 11.4 Å². The van der Waals surface area contributed by atoms with Crippen LogP contribution in [0.25, 0.3) is 11.4 Å². The summed E-state index contributed by atoms with van der Waals surface area (Å²) < 4.78 is 18.1. The maximum absolute atomic E-state index is 13.3. The highest BCUT2D eigenvalue weighted by molar-refractivity contribution is 5.98. The van der Waals surface area contributed by atoms with Crippen LogP contribution in [-0.2, 0) is 14.3 Å². The van der Waals surface area contributed by atoms with E-state index in [1.54, 1.807) is 25.6 Å². The number of piperidine rings is 1. The van der Waals surface area contributed by atoms with Gasteiger partial charge in [-0.1, -0.05) is 62.3 Å². The van der Waals surface area contributed by atoms with E-state index in [2.05, 4.69) is 70.6 Å². The number of carbonyl (C=O) groups is 2. The van der Waals surface area contributed by atoms with Gasteiger partial charge >= 0.3 is 0 Å². The molecule has 0 bridgehead atoms. The van der Waals surface area contributed by atoms with Crippen LogP contribution in [0.4, 0.5) is 15.8 Å². The van der Waals surface area contributed by atoms with Gasteiger partial charge in [-0.05, 0) is 93.0 Å². The average molecular weight is 724 g/mol. The molecule has 0 saturated carbocycles. The SMILES string of the molecule is C=NNc1ccc(NC(=O)[C@]2(OC)CCN(CC(=O)N3CCC(c4ccc(-c5ncccn5)cc4)CC3)C2)cc1C.CC1=CC=C(F)C=CC1.CCC. The topological polar surface area (TPSA) is 112 Å². The lowest BCUT2D eigenvalue weighted by Gasteiger charge is -2.33. The molecule has 0 radical (unpaired) electrons. The molecule has 2 saturated heterocycles. The first-order valence-corrected chi connectivity index (χ1v) is 18.4. The molecule has 6 rings (SSSR count). The number of anilines is 2. The molecular formula is C42H54FN7O3.